The Morgan fingerprint density at radius 2 is 1.74 bits per heavy atom. The molecule has 0 heterocycles. The molecular formula is C16H17ClN4O2. The van der Waals surface area contributed by atoms with Gasteiger partial charge in [-0.05, 0) is 36.4 Å². The Hall–Kier alpha value is -2.73. The molecule has 6 nitrogen and oxygen atoms in total. The van der Waals surface area contributed by atoms with Crippen LogP contribution in [-0.2, 0) is 9.59 Å². The summed E-state index contributed by atoms with van der Waals surface area (Å²) < 4.78 is 0. The fourth-order valence-electron chi connectivity index (χ4n) is 1.86. The predicted octanol–water partition coefficient (Wildman–Crippen LogP) is 2.57. The maximum absolute atomic E-state index is 12.0. The van der Waals surface area contributed by atoms with E-state index in [2.05, 4.69) is 10.6 Å². The average molecular weight is 333 g/mol. The highest BCUT2D eigenvalue weighted by Crippen LogP contribution is 2.24. The van der Waals surface area contributed by atoms with Gasteiger partial charge in [0.05, 0.1) is 10.7 Å². The zero-order chi connectivity index (χ0) is 17.0. The fourth-order valence-corrected chi connectivity index (χ4v) is 2.10. The first-order valence-corrected chi connectivity index (χ1v) is 7.19. The Labute approximate surface area is 139 Å². The van der Waals surface area contributed by atoms with Crippen molar-refractivity contribution >= 4 is 46.2 Å². The third kappa shape index (κ3) is 4.37. The number of halogens is 1. The molecule has 0 aliphatic rings. The Kier molecular flexibility index (Phi) is 5.08. The van der Waals surface area contributed by atoms with Crippen LogP contribution in [0, 0.1) is 0 Å². The summed E-state index contributed by atoms with van der Waals surface area (Å²) in [4.78, 5) is 25.8. The van der Waals surface area contributed by atoms with Gasteiger partial charge < -0.3 is 21.3 Å². The SMILES string of the molecule is CN(C)c1cccc(NC(=O)C(=O)Nc2ccc(N)cc2Cl)c1. The third-order valence-electron chi connectivity index (χ3n) is 3.07. The van der Waals surface area contributed by atoms with Crippen LogP contribution in [0.15, 0.2) is 42.5 Å². The molecule has 0 aliphatic heterocycles. The molecule has 7 heteroatoms. The second-order valence-corrected chi connectivity index (χ2v) is 5.50. The molecule has 0 bridgehead atoms. The lowest BCUT2D eigenvalue weighted by Crippen LogP contribution is -2.29. The van der Waals surface area contributed by atoms with Crippen LogP contribution in [0.5, 0.6) is 0 Å². The molecule has 0 saturated carbocycles. The monoisotopic (exact) mass is 332 g/mol. The van der Waals surface area contributed by atoms with E-state index < -0.39 is 11.8 Å². The summed E-state index contributed by atoms with van der Waals surface area (Å²) in [5.41, 5.74) is 7.81. The van der Waals surface area contributed by atoms with Gasteiger partial charge in [-0.15, -0.1) is 0 Å². The van der Waals surface area contributed by atoms with E-state index in [1.165, 1.54) is 12.1 Å². The van der Waals surface area contributed by atoms with Crippen LogP contribution in [0.4, 0.5) is 22.7 Å². The molecule has 0 fully saturated rings. The summed E-state index contributed by atoms with van der Waals surface area (Å²) in [5, 5.41) is 5.25. The molecule has 0 unspecified atom stereocenters. The molecule has 23 heavy (non-hydrogen) atoms. The Morgan fingerprint density at radius 3 is 2.39 bits per heavy atom. The van der Waals surface area contributed by atoms with Crippen molar-refractivity contribution in [1.29, 1.82) is 0 Å². The van der Waals surface area contributed by atoms with Crippen LogP contribution in [0.25, 0.3) is 0 Å². The minimum atomic E-state index is -0.813. The van der Waals surface area contributed by atoms with E-state index in [9.17, 15) is 9.59 Å². The van der Waals surface area contributed by atoms with Gasteiger partial charge in [0.2, 0.25) is 0 Å². The normalized spacial score (nSPS) is 10.0. The number of nitrogen functional groups attached to an aromatic ring is 1. The van der Waals surface area contributed by atoms with Crippen molar-refractivity contribution in [2.75, 3.05) is 35.4 Å². The molecule has 2 aromatic rings. The molecule has 120 valence electrons. The molecule has 2 amide bonds. The second-order valence-electron chi connectivity index (χ2n) is 5.09. The molecule has 0 radical (unpaired) electrons. The van der Waals surface area contributed by atoms with Gasteiger partial charge in [0.25, 0.3) is 0 Å². The summed E-state index contributed by atoms with van der Waals surface area (Å²) in [6.45, 7) is 0. The molecular weight excluding hydrogens is 316 g/mol. The van der Waals surface area contributed by atoms with Gasteiger partial charge in [0.15, 0.2) is 0 Å². The van der Waals surface area contributed by atoms with Gasteiger partial charge in [-0.2, -0.15) is 0 Å². The van der Waals surface area contributed by atoms with Gasteiger partial charge in [0.1, 0.15) is 0 Å². The van der Waals surface area contributed by atoms with Crippen molar-refractivity contribution in [2.45, 2.75) is 0 Å². The maximum atomic E-state index is 12.0. The van der Waals surface area contributed by atoms with E-state index in [1.54, 1.807) is 24.3 Å². The highest BCUT2D eigenvalue weighted by Gasteiger charge is 2.15. The highest BCUT2D eigenvalue weighted by atomic mass is 35.5. The Balaban J connectivity index is 2.05. The summed E-state index contributed by atoms with van der Waals surface area (Å²) in [6.07, 6.45) is 0. The number of hydrogen-bond donors (Lipinski definition) is 3. The number of amides is 2. The summed E-state index contributed by atoms with van der Waals surface area (Å²) in [6, 6.07) is 11.8. The van der Waals surface area contributed by atoms with Crippen molar-refractivity contribution in [3.63, 3.8) is 0 Å². The Bertz CT molecular complexity index is 747. The topological polar surface area (TPSA) is 87.5 Å². The number of nitrogens with one attached hydrogen (secondary N) is 2. The van der Waals surface area contributed by atoms with Crippen LogP contribution >= 0.6 is 11.6 Å². The largest absolute Gasteiger partial charge is 0.399 e. The van der Waals surface area contributed by atoms with Crippen LogP contribution in [0.2, 0.25) is 5.02 Å². The number of nitrogens with two attached hydrogens (primary N) is 1. The number of rotatable bonds is 3. The lowest BCUT2D eigenvalue weighted by atomic mass is 10.2. The number of nitrogens with zero attached hydrogens (tertiary/aromatic N) is 1. The summed E-state index contributed by atoms with van der Waals surface area (Å²) >= 11 is 5.96. The standard InChI is InChI=1S/C16H17ClN4O2/c1-21(2)12-5-3-4-11(9-12)19-15(22)16(23)20-14-7-6-10(18)8-13(14)17/h3-9H,18H2,1-2H3,(H,19,22)(H,20,23). The van der Waals surface area contributed by atoms with E-state index in [0.29, 0.717) is 17.1 Å². The van der Waals surface area contributed by atoms with E-state index in [0.717, 1.165) is 5.69 Å². The number of carbonyl (C=O) groups is 2. The molecule has 0 atom stereocenters. The second kappa shape index (κ2) is 7.02. The quantitative estimate of drug-likeness (QED) is 0.595. The lowest BCUT2D eigenvalue weighted by molar-refractivity contribution is -0.132. The molecule has 0 aliphatic carbocycles. The van der Waals surface area contributed by atoms with Gasteiger partial charge in [-0.25, -0.2) is 0 Å². The van der Waals surface area contributed by atoms with Crippen molar-refractivity contribution < 1.29 is 9.59 Å². The number of anilines is 4. The van der Waals surface area contributed by atoms with Crippen LogP contribution in [0.3, 0.4) is 0 Å². The molecule has 2 rings (SSSR count). The van der Waals surface area contributed by atoms with Crippen LogP contribution in [-0.4, -0.2) is 25.9 Å². The van der Waals surface area contributed by atoms with Gasteiger partial charge in [-0.3, -0.25) is 9.59 Å². The first kappa shape index (κ1) is 16.6. The van der Waals surface area contributed by atoms with E-state index in [-0.39, 0.29) is 5.02 Å². The summed E-state index contributed by atoms with van der Waals surface area (Å²) in [7, 11) is 3.77. The van der Waals surface area contributed by atoms with Crippen LogP contribution < -0.4 is 21.3 Å². The minimum absolute atomic E-state index is 0.265. The summed E-state index contributed by atoms with van der Waals surface area (Å²) in [5.74, 6) is -1.60. The van der Waals surface area contributed by atoms with E-state index in [1.807, 2.05) is 25.1 Å². The van der Waals surface area contributed by atoms with Gasteiger partial charge >= 0.3 is 11.8 Å². The number of hydrogen-bond acceptors (Lipinski definition) is 4. The van der Waals surface area contributed by atoms with Crippen molar-refractivity contribution in [1.82, 2.24) is 0 Å². The number of benzene rings is 2. The fraction of sp³-hybridized carbons (Fsp3) is 0.125. The van der Waals surface area contributed by atoms with Crippen molar-refractivity contribution in [2.24, 2.45) is 0 Å². The van der Waals surface area contributed by atoms with E-state index >= 15 is 0 Å². The molecule has 0 aromatic heterocycles. The third-order valence-corrected chi connectivity index (χ3v) is 3.38. The Morgan fingerprint density at radius 1 is 1.04 bits per heavy atom. The number of carbonyl (C=O) groups excluding carboxylic acids is 2. The van der Waals surface area contributed by atoms with Crippen molar-refractivity contribution in [3.05, 3.63) is 47.5 Å². The molecule has 0 spiro atoms. The van der Waals surface area contributed by atoms with Gasteiger partial charge in [0, 0.05) is 31.2 Å². The average Bonchev–Trinajstić information content (AvgIpc) is 2.50. The molecule has 2 aromatic carbocycles. The zero-order valence-corrected chi connectivity index (χ0v) is 13.5. The zero-order valence-electron chi connectivity index (χ0n) is 12.8. The highest BCUT2D eigenvalue weighted by molar-refractivity contribution is 6.44. The smallest absolute Gasteiger partial charge is 0.314 e. The van der Waals surface area contributed by atoms with E-state index in [4.69, 9.17) is 17.3 Å². The lowest BCUT2D eigenvalue weighted by Gasteiger charge is -2.14. The van der Waals surface area contributed by atoms with Crippen LogP contribution in [0.1, 0.15) is 0 Å². The molecule has 0 saturated heterocycles. The molecule has 4 N–H and O–H groups in total. The predicted molar refractivity (Wildman–Crippen MR) is 93.9 cm³/mol. The van der Waals surface area contributed by atoms with Crippen molar-refractivity contribution in [3.8, 4) is 0 Å². The first-order chi connectivity index (χ1) is 10.9. The minimum Gasteiger partial charge on any atom is -0.399 e. The van der Waals surface area contributed by atoms with Gasteiger partial charge in [-0.1, -0.05) is 17.7 Å². The first-order valence-electron chi connectivity index (χ1n) is 6.81. The maximum Gasteiger partial charge on any atom is 0.314 e.